The van der Waals surface area contributed by atoms with Gasteiger partial charge in [-0.05, 0) is 26.2 Å². The predicted molar refractivity (Wildman–Crippen MR) is 100 cm³/mol. The molecule has 2 rings (SSSR count). The van der Waals surface area contributed by atoms with Crippen molar-refractivity contribution in [3.63, 3.8) is 0 Å². The molecule has 22 heavy (non-hydrogen) atoms. The summed E-state index contributed by atoms with van der Waals surface area (Å²) in [5.74, 6) is 2.64. The van der Waals surface area contributed by atoms with Gasteiger partial charge >= 0.3 is 0 Å². The Bertz CT molecular complexity index is 320. The van der Waals surface area contributed by atoms with E-state index in [4.69, 9.17) is 5.73 Å². The monoisotopic (exact) mass is 371 g/mol. The number of nitrogens with two attached hydrogens (primary N) is 1. The van der Waals surface area contributed by atoms with E-state index in [-0.39, 0.29) is 42.3 Å². The summed E-state index contributed by atoms with van der Waals surface area (Å²) in [6, 6.07) is 0.111. The maximum atomic E-state index is 11.9. The van der Waals surface area contributed by atoms with Crippen LogP contribution in [0.3, 0.4) is 0 Å². The molecule has 0 radical (unpaired) electrons. The van der Waals surface area contributed by atoms with E-state index < -0.39 is 0 Å². The van der Waals surface area contributed by atoms with E-state index in [0.29, 0.717) is 6.42 Å². The van der Waals surface area contributed by atoms with Gasteiger partial charge in [-0.2, -0.15) is 11.8 Å². The number of nitrogens with zero attached hydrogens (tertiary/aromatic N) is 1. The molecule has 1 aliphatic carbocycles. The van der Waals surface area contributed by atoms with E-state index in [1.807, 2.05) is 18.7 Å². The third-order valence-electron chi connectivity index (χ3n) is 4.66. The fourth-order valence-electron chi connectivity index (χ4n) is 3.39. The van der Waals surface area contributed by atoms with Crippen LogP contribution in [-0.4, -0.2) is 53.5 Å². The van der Waals surface area contributed by atoms with Crippen LogP contribution in [0.25, 0.3) is 0 Å². The fraction of sp³-hybridized carbons (Fsp3) is 0.933. The number of nitrogens with one attached hydrogen (secondary N) is 1. The molecule has 0 aromatic carbocycles. The number of carbonyl (C=O) groups excluding carboxylic acids is 1. The fourth-order valence-corrected chi connectivity index (χ4v) is 4.29. The second-order valence-electron chi connectivity index (χ2n) is 6.32. The van der Waals surface area contributed by atoms with Gasteiger partial charge in [0.25, 0.3) is 0 Å². The Balaban J connectivity index is 0.00000220. The first-order chi connectivity index (χ1) is 9.62. The van der Waals surface area contributed by atoms with Gasteiger partial charge in [-0.25, -0.2) is 0 Å². The highest BCUT2D eigenvalue weighted by Crippen LogP contribution is 2.36. The van der Waals surface area contributed by atoms with Crippen LogP contribution < -0.4 is 11.1 Å². The second kappa shape index (κ2) is 11.0. The number of carbonyl (C=O) groups is 1. The molecule has 1 heterocycles. The lowest BCUT2D eigenvalue weighted by molar-refractivity contribution is -0.122. The van der Waals surface area contributed by atoms with Crippen LogP contribution in [0.2, 0.25) is 0 Å². The molecule has 1 saturated heterocycles. The number of rotatable bonds is 6. The van der Waals surface area contributed by atoms with Crippen LogP contribution in [0, 0.1) is 0 Å². The highest BCUT2D eigenvalue weighted by molar-refractivity contribution is 7.99. The Hall–Kier alpha value is 0.320. The molecule has 1 saturated carbocycles. The summed E-state index contributed by atoms with van der Waals surface area (Å²) in [6.07, 6.45) is 6.43. The molecule has 1 amide bonds. The molecule has 1 aliphatic heterocycles. The Morgan fingerprint density at radius 1 is 1.27 bits per heavy atom. The molecule has 1 unspecified atom stereocenters. The zero-order valence-electron chi connectivity index (χ0n) is 13.5. The number of hydrogen-bond acceptors (Lipinski definition) is 4. The first kappa shape index (κ1) is 22.3. The van der Waals surface area contributed by atoms with Crippen molar-refractivity contribution >= 4 is 42.5 Å². The van der Waals surface area contributed by atoms with E-state index in [0.717, 1.165) is 13.0 Å². The Morgan fingerprint density at radius 2 is 1.86 bits per heavy atom. The lowest BCUT2D eigenvalue weighted by atomic mass is 9.94. The van der Waals surface area contributed by atoms with Crippen molar-refractivity contribution in [2.75, 3.05) is 31.1 Å². The third kappa shape index (κ3) is 6.44. The lowest BCUT2D eigenvalue weighted by Crippen LogP contribution is -2.56. The van der Waals surface area contributed by atoms with Crippen LogP contribution in [0.1, 0.15) is 45.4 Å². The lowest BCUT2D eigenvalue weighted by Gasteiger charge is -2.43. The molecule has 2 fully saturated rings. The van der Waals surface area contributed by atoms with Gasteiger partial charge < -0.3 is 11.1 Å². The summed E-state index contributed by atoms with van der Waals surface area (Å²) >= 11 is 2.05. The minimum Gasteiger partial charge on any atom is -0.354 e. The average Bonchev–Trinajstić information content (AvgIpc) is 2.94. The second-order valence-corrected chi connectivity index (χ2v) is 7.55. The molecular weight excluding hydrogens is 341 g/mol. The molecule has 0 bridgehead atoms. The van der Waals surface area contributed by atoms with E-state index in [1.54, 1.807) is 0 Å². The summed E-state index contributed by atoms with van der Waals surface area (Å²) in [6.45, 7) is 5.15. The van der Waals surface area contributed by atoms with Gasteiger partial charge in [0.2, 0.25) is 5.91 Å². The van der Waals surface area contributed by atoms with Gasteiger partial charge in [0.1, 0.15) is 0 Å². The zero-order valence-corrected chi connectivity index (χ0v) is 16.0. The largest absolute Gasteiger partial charge is 0.354 e. The highest BCUT2D eigenvalue weighted by Gasteiger charge is 2.40. The molecule has 1 atom stereocenters. The zero-order chi connectivity index (χ0) is 14.4. The standard InChI is InChI=1S/C15H29N3OS.2ClH/c1-13(16)4-5-14(19)17-12-15(6-2-3-7-15)18-8-10-20-11-9-18;;/h13H,2-12,16H2,1H3,(H,17,19);2*1H. The van der Waals surface area contributed by atoms with Crippen LogP contribution in [0.4, 0.5) is 0 Å². The van der Waals surface area contributed by atoms with Crippen molar-refractivity contribution in [2.45, 2.75) is 57.0 Å². The van der Waals surface area contributed by atoms with Gasteiger partial charge in [0.05, 0.1) is 0 Å². The van der Waals surface area contributed by atoms with E-state index >= 15 is 0 Å². The topological polar surface area (TPSA) is 58.4 Å². The van der Waals surface area contributed by atoms with E-state index in [9.17, 15) is 4.79 Å². The molecule has 4 nitrogen and oxygen atoms in total. The van der Waals surface area contributed by atoms with Crippen LogP contribution in [0.5, 0.6) is 0 Å². The SMILES string of the molecule is CC(N)CCC(=O)NCC1(N2CCSCC2)CCCC1.Cl.Cl. The van der Waals surface area contributed by atoms with Crippen molar-refractivity contribution < 1.29 is 4.79 Å². The third-order valence-corrected chi connectivity index (χ3v) is 5.60. The molecule has 0 spiro atoms. The predicted octanol–water partition coefficient (Wildman–Crippen LogP) is 2.44. The Labute approximate surface area is 151 Å². The van der Waals surface area contributed by atoms with Crippen molar-refractivity contribution in [2.24, 2.45) is 5.73 Å². The van der Waals surface area contributed by atoms with E-state index in [2.05, 4.69) is 10.2 Å². The number of amides is 1. The van der Waals surface area contributed by atoms with Gasteiger partial charge in [-0.3, -0.25) is 9.69 Å². The molecular formula is C15H31Cl2N3OS. The number of thioether (sulfide) groups is 1. The maximum absolute atomic E-state index is 11.9. The Kier molecular flexibility index (Phi) is 11.1. The van der Waals surface area contributed by atoms with Gasteiger partial charge in [0.15, 0.2) is 0 Å². The van der Waals surface area contributed by atoms with Gasteiger partial charge in [-0.15, -0.1) is 24.8 Å². The first-order valence-corrected chi connectivity index (χ1v) is 9.13. The smallest absolute Gasteiger partial charge is 0.220 e. The van der Waals surface area contributed by atoms with Crippen molar-refractivity contribution in [1.82, 2.24) is 10.2 Å². The maximum Gasteiger partial charge on any atom is 0.220 e. The molecule has 132 valence electrons. The highest BCUT2D eigenvalue weighted by atomic mass is 35.5. The van der Waals surface area contributed by atoms with Gasteiger partial charge in [-0.1, -0.05) is 12.8 Å². The molecule has 7 heteroatoms. The summed E-state index contributed by atoms with van der Waals surface area (Å²) < 4.78 is 0. The van der Waals surface area contributed by atoms with Crippen molar-refractivity contribution in [3.05, 3.63) is 0 Å². The first-order valence-electron chi connectivity index (χ1n) is 7.97. The number of hydrogen-bond donors (Lipinski definition) is 2. The van der Waals surface area contributed by atoms with Crippen LogP contribution in [-0.2, 0) is 4.79 Å². The van der Waals surface area contributed by atoms with Crippen LogP contribution >= 0.6 is 36.6 Å². The summed E-state index contributed by atoms with van der Waals surface area (Å²) in [5, 5.41) is 3.18. The van der Waals surface area contributed by atoms with Crippen molar-refractivity contribution in [3.8, 4) is 0 Å². The van der Waals surface area contributed by atoms with E-state index in [1.165, 1.54) is 50.3 Å². The quantitative estimate of drug-likeness (QED) is 0.752. The molecule has 0 aromatic rings. The normalized spacial score (nSPS) is 22.3. The minimum absolute atomic E-state index is 0. The van der Waals surface area contributed by atoms with Crippen LogP contribution in [0.15, 0.2) is 0 Å². The summed E-state index contributed by atoms with van der Waals surface area (Å²) in [7, 11) is 0. The molecule has 2 aliphatic rings. The summed E-state index contributed by atoms with van der Waals surface area (Å²) in [4.78, 5) is 14.6. The molecule has 0 aromatic heterocycles. The van der Waals surface area contributed by atoms with Gasteiger partial charge in [0, 0.05) is 49.1 Å². The number of halogens is 2. The molecule has 3 N–H and O–H groups in total. The summed E-state index contributed by atoms with van der Waals surface area (Å²) in [5.41, 5.74) is 5.95. The van der Waals surface area contributed by atoms with Crippen molar-refractivity contribution in [1.29, 1.82) is 0 Å². The average molecular weight is 372 g/mol. The minimum atomic E-state index is 0. The Morgan fingerprint density at radius 3 is 2.41 bits per heavy atom.